The van der Waals surface area contributed by atoms with Gasteiger partial charge < -0.3 is 9.67 Å². The van der Waals surface area contributed by atoms with Gasteiger partial charge in [-0.05, 0) is 24.6 Å². The molecule has 1 aromatic carbocycles. The van der Waals surface area contributed by atoms with Crippen molar-refractivity contribution >= 4 is 17.0 Å². The highest BCUT2D eigenvalue weighted by atomic mass is 16.4. The Labute approximate surface area is 106 Å². The van der Waals surface area contributed by atoms with E-state index in [4.69, 9.17) is 5.11 Å². The molecule has 2 rings (SSSR count). The number of carbonyl (C=O) groups is 1. The van der Waals surface area contributed by atoms with Crippen molar-refractivity contribution in [1.82, 2.24) is 9.55 Å². The molecule has 96 valence electrons. The molecular weight excluding hydrogens is 228 g/mol. The number of carboxylic acids is 1. The van der Waals surface area contributed by atoms with Crippen LogP contribution in [-0.4, -0.2) is 20.6 Å². The number of nitrogens with zero attached hydrogens (tertiary/aromatic N) is 2. The van der Waals surface area contributed by atoms with Gasteiger partial charge in [0, 0.05) is 13.0 Å². The molecule has 0 bridgehead atoms. The third kappa shape index (κ3) is 2.10. The maximum absolute atomic E-state index is 10.9. The Balaban J connectivity index is 2.51. The van der Waals surface area contributed by atoms with Crippen LogP contribution in [0, 0.1) is 0 Å². The monoisotopic (exact) mass is 246 g/mol. The van der Waals surface area contributed by atoms with Gasteiger partial charge in [0.2, 0.25) is 0 Å². The zero-order valence-corrected chi connectivity index (χ0v) is 11.0. The largest absolute Gasteiger partial charge is 0.478 e. The Morgan fingerprint density at radius 1 is 1.50 bits per heavy atom. The Bertz CT molecular complexity index is 587. The lowest BCUT2D eigenvalue weighted by molar-refractivity contribution is 0.0697. The first kappa shape index (κ1) is 12.6. The van der Waals surface area contributed by atoms with E-state index in [0.29, 0.717) is 5.92 Å². The molecule has 1 aromatic heterocycles. The molecule has 0 amide bonds. The maximum Gasteiger partial charge on any atom is 0.335 e. The molecule has 1 heterocycles. The summed E-state index contributed by atoms with van der Waals surface area (Å²) in [6.07, 6.45) is 2.20. The van der Waals surface area contributed by atoms with Crippen molar-refractivity contribution in [2.45, 2.75) is 32.6 Å². The number of carboxylic acid groups (broad SMARTS) is 1. The van der Waals surface area contributed by atoms with Crippen LogP contribution in [0.25, 0.3) is 11.0 Å². The second kappa shape index (κ2) is 4.80. The van der Waals surface area contributed by atoms with E-state index < -0.39 is 5.97 Å². The van der Waals surface area contributed by atoms with E-state index in [0.717, 1.165) is 29.7 Å². The number of imidazole rings is 1. The summed E-state index contributed by atoms with van der Waals surface area (Å²) in [7, 11) is 1.98. The summed E-state index contributed by atoms with van der Waals surface area (Å²) < 4.78 is 2.06. The zero-order chi connectivity index (χ0) is 13.3. The highest BCUT2D eigenvalue weighted by Gasteiger charge is 2.15. The van der Waals surface area contributed by atoms with E-state index in [1.54, 1.807) is 12.1 Å². The SMILES string of the molecule is CCCC(C)c1nc2cc(C(=O)O)ccc2n1C. The minimum absolute atomic E-state index is 0.287. The van der Waals surface area contributed by atoms with Gasteiger partial charge in [-0.3, -0.25) is 0 Å². The van der Waals surface area contributed by atoms with Crippen molar-refractivity contribution in [3.63, 3.8) is 0 Å². The van der Waals surface area contributed by atoms with Gasteiger partial charge in [0.25, 0.3) is 0 Å². The summed E-state index contributed by atoms with van der Waals surface area (Å²) in [6.45, 7) is 4.31. The normalized spacial score (nSPS) is 12.8. The molecule has 0 fully saturated rings. The van der Waals surface area contributed by atoms with Gasteiger partial charge in [0.05, 0.1) is 16.6 Å². The number of hydrogen-bond donors (Lipinski definition) is 1. The first-order chi connectivity index (χ1) is 8.54. The lowest BCUT2D eigenvalue weighted by Gasteiger charge is -2.09. The standard InChI is InChI=1S/C14H18N2O2/c1-4-5-9(2)13-15-11-8-10(14(17)18)6-7-12(11)16(13)3/h6-9H,4-5H2,1-3H3,(H,17,18). The van der Waals surface area contributed by atoms with Gasteiger partial charge in [0.1, 0.15) is 5.82 Å². The van der Waals surface area contributed by atoms with E-state index >= 15 is 0 Å². The molecule has 0 radical (unpaired) electrons. The molecule has 0 aliphatic heterocycles. The van der Waals surface area contributed by atoms with Crippen LogP contribution in [0.3, 0.4) is 0 Å². The van der Waals surface area contributed by atoms with Gasteiger partial charge in [-0.2, -0.15) is 0 Å². The quantitative estimate of drug-likeness (QED) is 0.901. The van der Waals surface area contributed by atoms with Crippen LogP contribution >= 0.6 is 0 Å². The van der Waals surface area contributed by atoms with Crippen molar-refractivity contribution < 1.29 is 9.90 Å². The third-order valence-corrected chi connectivity index (χ3v) is 3.32. The van der Waals surface area contributed by atoms with Crippen molar-refractivity contribution in [2.75, 3.05) is 0 Å². The molecule has 0 spiro atoms. The van der Waals surface area contributed by atoms with Crippen LogP contribution in [-0.2, 0) is 7.05 Å². The predicted molar refractivity (Wildman–Crippen MR) is 71.0 cm³/mol. The molecule has 1 N–H and O–H groups in total. The maximum atomic E-state index is 10.9. The van der Waals surface area contributed by atoms with Gasteiger partial charge in [-0.1, -0.05) is 20.3 Å². The summed E-state index contributed by atoms with van der Waals surface area (Å²) in [4.78, 5) is 15.5. The Hall–Kier alpha value is -1.84. The molecule has 0 saturated carbocycles. The summed E-state index contributed by atoms with van der Waals surface area (Å²) in [5.74, 6) is 0.501. The molecule has 0 aliphatic rings. The number of aromatic carboxylic acids is 1. The number of fused-ring (bicyclic) bond motifs is 1. The molecule has 4 heteroatoms. The lowest BCUT2D eigenvalue weighted by atomic mass is 10.1. The van der Waals surface area contributed by atoms with Crippen LogP contribution in [0.5, 0.6) is 0 Å². The number of aromatic nitrogens is 2. The van der Waals surface area contributed by atoms with E-state index in [2.05, 4.69) is 23.4 Å². The highest BCUT2D eigenvalue weighted by Crippen LogP contribution is 2.24. The molecule has 2 aromatic rings. The average molecular weight is 246 g/mol. The predicted octanol–water partition coefficient (Wildman–Crippen LogP) is 3.18. The highest BCUT2D eigenvalue weighted by molar-refractivity contribution is 5.92. The number of rotatable bonds is 4. The minimum atomic E-state index is -0.911. The van der Waals surface area contributed by atoms with Crippen LogP contribution < -0.4 is 0 Å². The van der Waals surface area contributed by atoms with Gasteiger partial charge >= 0.3 is 5.97 Å². The second-order valence-corrected chi connectivity index (χ2v) is 4.73. The fourth-order valence-electron chi connectivity index (χ4n) is 2.35. The molecular formula is C14H18N2O2. The third-order valence-electron chi connectivity index (χ3n) is 3.32. The van der Waals surface area contributed by atoms with Crippen molar-refractivity contribution in [3.05, 3.63) is 29.6 Å². The fraction of sp³-hybridized carbons (Fsp3) is 0.429. The fourth-order valence-corrected chi connectivity index (χ4v) is 2.35. The molecule has 18 heavy (non-hydrogen) atoms. The van der Waals surface area contributed by atoms with Gasteiger partial charge in [-0.15, -0.1) is 0 Å². The van der Waals surface area contributed by atoms with Gasteiger partial charge in [-0.25, -0.2) is 9.78 Å². The number of benzene rings is 1. The summed E-state index contributed by atoms with van der Waals surface area (Å²) in [5.41, 5.74) is 2.03. The van der Waals surface area contributed by atoms with Crippen LogP contribution in [0.1, 0.15) is 48.8 Å². The number of hydrogen-bond acceptors (Lipinski definition) is 2. The minimum Gasteiger partial charge on any atom is -0.478 e. The first-order valence-electron chi connectivity index (χ1n) is 6.24. The van der Waals surface area contributed by atoms with E-state index in [9.17, 15) is 4.79 Å². The number of aryl methyl sites for hydroxylation is 1. The topological polar surface area (TPSA) is 55.1 Å². The van der Waals surface area contributed by atoms with Crippen molar-refractivity contribution in [1.29, 1.82) is 0 Å². The smallest absolute Gasteiger partial charge is 0.335 e. The summed E-state index contributed by atoms with van der Waals surface area (Å²) in [5, 5.41) is 8.98. The Kier molecular flexibility index (Phi) is 3.36. The van der Waals surface area contributed by atoms with Crippen LogP contribution in [0.2, 0.25) is 0 Å². The first-order valence-corrected chi connectivity index (χ1v) is 6.24. The van der Waals surface area contributed by atoms with Crippen molar-refractivity contribution in [2.24, 2.45) is 7.05 Å². The molecule has 0 aliphatic carbocycles. The van der Waals surface area contributed by atoms with Crippen LogP contribution in [0.4, 0.5) is 0 Å². The molecule has 1 unspecified atom stereocenters. The molecule has 1 atom stereocenters. The lowest BCUT2D eigenvalue weighted by Crippen LogP contribution is -2.02. The summed E-state index contributed by atoms with van der Waals surface area (Å²) >= 11 is 0. The zero-order valence-electron chi connectivity index (χ0n) is 11.0. The van der Waals surface area contributed by atoms with E-state index in [1.807, 2.05) is 13.1 Å². The average Bonchev–Trinajstić information content (AvgIpc) is 2.66. The second-order valence-electron chi connectivity index (χ2n) is 4.73. The van der Waals surface area contributed by atoms with Crippen molar-refractivity contribution in [3.8, 4) is 0 Å². The van der Waals surface area contributed by atoms with Crippen LogP contribution in [0.15, 0.2) is 18.2 Å². The van der Waals surface area contributed by atoms with E-state index in [-0.39, 0.29) is 5.56 Å². The summed E-state index contributed by atoms with van der Waals surface area (Å²) in [6, 6.07) is 5.09. The Morgan fingerprint density at radius 2 is 2.22 bits per heavy atom. The van der Waals surface area contributed by atoms with Gasteiger partial charge in [0.15, 0.2) is 0 Å². The molecule has 4 nitrogen and oxygen atoms in total. The van der Waals surface area contributed by atoms with E-state index in [1.165, 1.54) is 0 Å². The Morgan fingerprint density at radius 3 is 2.83 bits per heavy atom. The molecule has 0 saturated heterocycles.